The van der Waals surface area contributed by atoms with E-state index in [9.17, 15) is 8.42 Å². The maximum absolute atomic E-state index is 11.2. The highest BCUT2D eigenvalue weighted by atomic mass is 32.2. The van der Waals surface area contributed by atoms with E-state index in [1.54, 1.807) is 24.5 Å². The summed E-state index contributed by atoms with van der Waals surface area (Å²) in [5.74, 6) is 0.640. The van der Waals surface area contributed by atoms with E-state index >= 15 is 0 Å². The number of hydrogen-bond acceptors (Lipinski definition) is 4. The number of fused-ring (bicyclic) bond motifs is 1. The number of H-pyrrole nitrogens is 1. The molecule has 0 amide bonds. The number of primary sulfonamides is 1. The van der Waals surface area contributed by atoms with E-state index in [0.717, 1.165) is 17.0 Å². The van der Waals surface area contributed by atoms with Gasteiger partial charge in [-0.2, -0.15) is 0 Å². The molecular weight excluding hydrogens is 264 g/mol. The van der Waals surface area contributed by atoms with Crippen LogP contribution in [0.3, 0.4) is 0 Å². The second kappa shape index (κ2) is 4.15. The molecule has 0 radical (unpaired) electrons. The molecule has 3 N–H and O–H groups in total. The van der Waals surface area contributed by atoms with Gasteiger partial charge in [0.2, 0.25) is 10.0 Å². The molecule has 0 atom stereocenters. The van der Waals surface area contributed by atoms with Gasteiger partial charge in [-0.3, -0.25) is 4.98 Å². The Morgan fingerprint density at radius 3 is 2.47 bits per heavy atom. The van der Waals surface area contributed by atoms with E-state index in [2.05, 4.69) is 15.0 Å². The van der Waals surface area contributed by atoms with Gasteiger partial charge in [-0.1, -0.05) is 0 Å². The van der Waals surface area contributed by atoms with Crippen molar-refractivity contribution in [1.82, 2.24) is 15.0 Å². The number of nitrogens with two attached hydrogens (primary N) is 1. The molecular formula is C12H10N4O2S. The SMILES string of the molecule is NS(=O)(=O)c1ccc(-c2ncc3nccc-3[nH]2)cc1. The monoisotopic (exact) mass is 274 g/mol. The molecule has 2 aliphatic heterocycles. The molecule has 0 fully saturated rings. The lowest BCUT2D eigenvalue weighted by Crippen LogP contribution is -2.11. The number of nitrogens with one attached hydrogen (secondary N) is 1. The van der Waals surface area contributed by atoms with Crippen molar-refractivity contribution in [2.24, 2.45) is 5.14 Å². The largest absolute Gasteiger partial charge is 0.338 e. The summed E-state index contributed by atoms with van der Waals surface area (Å²) in [4.78, 5) is 11.6. The highest BCUT2D eigenvalue weighted by Crippen LogP contribution is 2.22. The Balaban J connectivity index is 2.05. The maximum atomic E-state index is 11.2. The number of sulfonamides is 1. The summed E-state index contributed by atoms with van der Waals surface area (Å²) in [6.45, 7) is 0. The Hall–Kier alpha value is -2.25. The predicted molar refractivity (Wildman–Crippen MR) is 69.8 cm³/mol. The van der Waals surface area contributed by atoms with Crippen LogP contribution < -0.4 is 5.14 Å². The number of hydrogen-bond donors (Lipinski definition) is 2. The van der Waals surface area contributed by atoms with Crippen LogP contribution in [0.2, 0.25) is 0 Å². The summed E-state index contributed by atoms with van der Waals surface area (Å²) in [7, 11) is -3.67. The van der Waals surface area contributed by atoms with Crippen molar-refractivity contribution in [1.29, 1.82) is 0 Å². The fraction of sp³-hybridized carbons (Fsp3) is 0. The third-order valence-electron chi connectivity index (χ3n) is 2.76. The number of nitrogens with zero attached hydrogens (tertiary/aromatic N) is 2. The third kappa shape index (κ3) is 2.20. The van der Waals surface area contributed by atoms with Gasteiger partial charge in [0.1, 0.15) is 11.5 Å². The Morgan fingerprint density at radius 2 is 1.79 bits per heavy atom. The molecule has 0 saturated heterocycles. The zero-order valence-corrected chi connectivity index (χ0v) is 10.6. The minimum Gasteiger partial charge on any atom is -0.338 e. The van der Waals surface area contributed by atoms with Gasteiger partial charge in [0.05, 0.1) is 16.8 Å². The van der Waals surface area contributed by atoms with Gasteiger partial charge in [-0.25, -0.2) is 18.5 Å². The van der Waals surface area contributed by atoms with Crippen molar-refractivity contribution < 1.29 is 8.42 Å². The standard InChI is InChI=1S/C12H10N4O2S/c13-19(17,18)9-3-1-8(2-4-9)12-15-7-11-10(16-12)5-6-14-11/h1-7H,(H,15,16)(H2,13,17,18). The molecule has 0 bridgehead atoms. The Bertz CT molecular complexity index is 793. The molecule has 19 heavy (non-hydrogen) atoms. The van der Waals surface area contributed by atoms with Crippen molar-refractivity contribution in [2.45, 2.75) is 4.90 Å². The van der Waals surface area contributed by atoms with Gasteiger partial charge in [-0.05, 0) is 30.3 Å². The third-order valence-corrected chi connectivity index (χ3v) is 3.69. The van der Waals surface area contributed by atoms with E-state index in [4.69, 9.17) is 5.14 Å². The van der Waals surface area contributed by atoms with E-state index in [1.807, 2.05) is 6.07 Å². The van der Waals surface area contributed by atoms with Gasteiger partial charge in [0, 0.05) is 11.8 Å². The van der Waals surface area contributed by atoms with Crippen LogP contribution in [0, 0.1) is 0 Å². The molecule has 6 nitrogen and oxygen atoms in total. The lowest BCUT2D eigenvalue weighted by molar-refractivity contribution is 0.598. The average Bonchev–Trinajstić information content (AvgIpc) is 2.85. The fourth-order valence-corrected chi connectivity index (χ4v) is 2.31. The number of aromatic amines is 1. The van der Waals surface area contributed by atoms with Crippen LogP contribution >= 0.6 is 0 Å². The normalized spacial score (nSPS) is 11.8. The predicted octanol–water partition coefficient (Wildman–Crippen LogP) is 1.22. The second-order valence-electron chi connectivity index (χ2n) is 4.04. The fourth-order valence-electron chi connectivity index (χ4n) is 1.79. The molecule has 7 heteroatoms. The van der Waals surface area contributed by atoms with Crippen molar-refractivity contribution in [3.8, 4) is 22.8 Å². The number of rotatable bonds is 2. The molecule has 0 saturated carbocycles. The van der Waals surface area contributed by atoms with E-state index < -0.39 is 10.0 Å². The van der Waals surface area contributed by atoms with Gasteiger partial charge in [0.15, 0.2) is 0 Å². The minimum atomic E-state index is -3.67. The second-order valence-corrected chi connectivity index (χ2v) is 5.61. The number of aromatic nitrogens is 3. The van der Waals surface area contributed by atoms with Gasteiger partial charge >= 0.3 is 0 Å². The highest BCUT2D eigenvalue weighted by Gasteiger charge is 2.10. The summed E-state index contributed by atoms with van der Waals surface area (Å²) in [5.41, 5.74) is 2.43. The molecule has 3 rings (SSSR count). The summed E-state index contributed by atoms with van der Waals surface area (Å²) in [6, 6.07) is 8.06. The van der Waals surface area contributed by atoms with Crippen LogP contribution in [-0.4, -0.2) is 23.4 Å². The van der Waals surface area contributed by atoms with Gasteiger partial charge in [-0.15, -0.1) is 0 Å². The Labute approximate surface area is 109 Å². The molecule has 0 aromatic heterocycles. The van der Waals surface area contributed by atoms with Crippen LogP contribution in [0.25, 0.3) is 22.8 Å². The molecule has 2 aliphatic rings. The molecule has 1 aromatic carbocycles. The number of benzene rings is 1. The quantitative estimate of drug-likeness (QED) is 0.733. The first-order valence-corrected chi connectivity index (χ1v) is 7.02. The molecule has 0 aliphatic carbocycles. The maximum Gasteiger partial charge on any atom is 0.238 e. The van der Waals surface area contributed by atoms with E-state index in [0.29, 0.717) is 5.82 Å². The Morgan fingerprint density at radius 1 is 1.05 bits per heavy atom. The molecule has 1 aromatic rings. The van der Waals surface area contributed by atoms with E-state index in [1.165, 1.54) is 12.1 Å². The zero-order chi connectivity index (χ0) is 13.5. The van der Waals surface area contributed by atoms with Gasteiger partial charge in [0.25, 0.3) is 0 Å². The zero-order valence-electron chi connectivity index (χ0n) is 9.74. The molecule has 0 unspecified atom stereocenters. The molecule has 96 valence electrons. The minimum absolute atomic E-state index is 0.0762. The van der Waals surface area contributed by atoms with Crippen LogP contribution in [0.4, 0.5) is 0 Å². The highest BCUT2D eigenvalue weighted by molar-refractivity contribution is 7.89. The van der Waals surface area contributed by atoms with Crippen molar-refractivity contribution in [2.75, 3.05) is 0 Å². The van der Waals surface area contributed by atoms with Crippen molar-refractivity contribution >= 4 is 10.0 Å². The summed E-state index contributed by atoms with van der Waals surface area (Å²) < 4.78 is 22.3. The lowest BCUT2D eigenvalue weighted by Gasteiger charge is -2.05. The lowest BCUT2D eigenvalue weighted by atomic mass is 10.2. The first kappa shape index (κ1) is 11.8. The molecule has 0 spiro atoms. The van der Waals surface area contributed by atoms with Crippen LogP contribution in [0.5, 0.6) is 0 Å². The van der Waals surface area contributed by atoms with Crippen molar-refractivity contribution in [3.63, 3.8) is 0 Å². The van der Waals surface area contributed by atoms with Crippen LogP contribution in [0.1, 0.15) is 0 Å². The summed E-state index contributed by atoms with van der Waals surface area (Å²) in [5, 5.41) is 5.05. The van der Waals surface area contributed by atoms with Crippen LogP contribution in [0.15, 0.2) is 47.6 Å². The van der Waals surface area contributed by atoms with Crippen LogP contribution in [-0.2, 0) is 10.0 Å². The first-order chi connectivity index (χ1) is 9.04. The summed E-state index contributed by atoms with van der Waals surface area (Å²) in [6.07, 6.45) is 3.35. The molecule has 2 heterocycles. The Kier molecular flexibility index (Phi) is 2.58. The van der Waals surface area contributed by atoms with Crippen molar-refractivity contribution in [3.05, 3.63) is 42.7 Å². The smallest absolute Gasteiger partial charge is 0.238 e. The van der Waals surface area contributed by atoms with Gasteiger partial charge < -0.3 is 4.98 Å². The first-order valence-electron chi connectivity index (χ1n) is 5.47. The summed E-state index contributed by atoms with van der Waals surface area (Å²) >= 11 is 0. The topological polar surface area (TPSA) is 102 Å². The van der Waals surface area contributed by atoms with E-state index in [-0.39, 0.29) is 4.90 Å². The average molecular weight is 274 g/mol.